The summed E-state index contributed by atoms with van der Waals surface area (Å²) in [4.78, 5) is 26.3. The fourth-order valence-electron chi connectivity index (χ4n) is 4.54. The van der Waals surface area contributed by atoms with Crippen LogP contribution in [0.2, 0.25) is 0 Å². The van der Waals surface area contributed by atoms with Gasteiger partial charge in [-0.25, -0.2) is 4.79 Å². The number of nitrogens with zero attached hydrogens (tertiary/aromatic N) is 1. The molecule has 2 aromatic carbocycles. The molecule has 1 aliphatic carbocycles. The summed E-state index contributed by atoms with van der Waals surface area (Å²) in [7, 11) is 0. The molecular weight excluding hydrogens is 444 g/mol. The molecule has 1 N–H and O–H groups in total. The number of likely N-dealkylation sites (tertiary alicyclic amines) is 1. The summed E-state index contributed by atoms with van der Waals surface area (Å²) < 4.78 is 17.8. The van der Waals surface area contributed by atoms with Gasteiger partial charge in [-0.2, -0.15) is 0 Å². The molecule has 35 heavy (non-hydrogen) atoms. The molecule has 5 rings (SSSR count). The normalized spacial score (nSPS) is 20.5. The molecule has 1 saturated heterocycles. The zero-order valence-electron chi connectivity index (χ0n) is 20.7. The lowest BCUT2D eigenvalue weighted by molar-refractivity contribution is -0.149. The van der Waals surface area contributed by atoms with Gasteiger partial charge in [-0.3, -0.25) is 4.79 Å². The van der Waals surface area contributed by atoms with Crippen LogP contribution in [0.25, 0.3) is 11.1 Å². The summed E-state index contributed by atoms with van der Waals surface area (Å²) in [6.45, 7) is 7.42. The van der Waals surface area contributed by atoms with E-state index in [-0.39, 0.29) is 24.2 Å². The molecule has 1 atom stereocenters. The number of benzene rings is 2. The van der Waals surface area contributed by atoms with Crippen LogP contribution in [0.15, 0.2) is 42.5 Å². The van der Waals surface area contributed by atoms with E-state index in [9.17, 15) is 9.59 Å². The lowest BCUT2D eigenvalue weighted by atomic mass is 9.95. The molecule has 0 spiro atoms. The van der Waals surface area contributed by atoms with Gasteiger partial charge in [-0.05, 0) is 81.8 Å². The number of nitrogens with one attached hydrogen (secondary N) is 1. The van der Waals surface area contributed by atoms with Crippen molar-refractivity contribution in [2.75, 3.05) is 13.1 Å². The Kier molecular flexibility index (Phi) is 6.45. The number of fused-ring (bicyclic) bond motifs is 1. The van der Waals surface area contributed by atoms with Crippen molar-refractivity contribution in [1.29, 1.82) is 0 Å². The molecule has 7 nitrogen and oxygen atoms in total. The summed E-state index contributed by atoms with van der Waals surface area (Å²) in [5.41, 5.74) is 3.33. The molecule has 2 aromatic rings. The first-order valence-electron chi connectivity index (χ1n) is 12.6. The summed E-state index contributed by atoms with van der Waals surface area (Å²) in [5.74, 6) is 1.07. The Morgan fingerprint density at radius 3 is 2.31 bits per heavy atom. The minimum Gasteiger partial charge on any atom is -0.464 e. The Balaban J connectivity index is 1.17. The maximum Gasteiger partial charge on any atom is 0.410 e. The van der Waals surface area contributed by atoms with Crippen molar-refractivity contribution in [3.8, 4) is 16.9 Å². The van der Waals surface area contributed by atoms with Crippen LogP contribution in [0, 0.1) is 5.92 Å². The monoisotopic (exact) mass is 478 g/mol. The first-order valence-corrected chi connectivity index (χ1v) is 12.6. The zero-order chi connectivity index (χ0) is 24.6. The van der Waals surface area contributed by atoms with Crippen LogP contribution in [-0.2, 0) is 16.1 Å². The van der Waals surface area contributed by atoms with Gasteiger partial charge in [0.2, 0.25) is 6.29 Å². The maximum atomic E-state index is 12.3. The largest absolute Gasteiger partial charge is 0.464 e. The Morgan fingerprint density at radius 1 is 0.971 bits per heavy atom. The standard InChI is InChI=1S/C28H34N2O5/c1-28(2,3)35-27(32)30-14-12-20(13-15-30)26-33-17-22-16-21(8-11-24(22)34-26)18-4-6-19(7-5-18)25(31)29-23-9-10-23/h4-8,11,16,20,23,26H,9-10,12-15,17H2,1-3H3,(H,29,31). The molecule has 2 amide bonds. The lowest BCUT2D eigenvalue weighted by Gasteiger charge is -2.38. The van der Waals surface area contributed by atoms with E-state index in [0.29, 0.717) is 31.3 Å². The summed E-state index contributed by atoms with van der Waals surface area (Å²) in [5, 5.41) is 3.02. The molecule has 0 bridgehead atoms. The minimum absolute atomic E-state index is 0.00531. The van der Waals surface area contributed by atoms with Crippen molar-refractivity contribution in [2.45, 2.75) is 71.0 Å². The SMILES string of the molecule is CC(C)(C)OC(=O)N1CCC(C2OCc3cc(-c4ccc(C(=O)NC5CC5)cc4)ccc3O2)CC1. The van der Waals surface area contributed by atoms with Crippen LogP contribution in [0.4, 0.5) is 4.79 Å². The molecule has 2 fully saturated rings. The van der Waals surface area contributed by atoms with Crippen molar-refractivity contribution in [1.82, 2.24) is 10.2 Å². The van der Waals surface area contributed by atoms with E-state index in [4.69, 9.17) is 14.2 Å². The quantitative estimate of drug-likeness (QED) is 0.659. The van der Waals surface area contributed by atoms with E-state index in [1.54, 1.807) is 4.90 Å². The number of amides is 2. The predicted octanol–water partition coefficient (Wildman–Crippen LogP) is 5.13. The molecule has 186 valence electrons. The third kappa shape index (κ3) is 5.78. The van der Waals surface area contributed by atoms with Crippen LogP contribution < -0.4 is 10.1 Å². The number of hydrogen-bond donors (Lipinski definition) is 1. The van der Waals surface area contributed by atoms with Gasteiger partial charge >= 0.3 is 6.09 Å². The van der Waals surface area contributed by atoms with E-state index in [0.717, 1.165) is 48.1 Å². The van der Waals surface area contributed by atoms with Gasteiger partial charge in [-0.15, -0.1) is 0 Å². The molecular formula is C28H34N2O5. The van der Waals surface area contributed by atoms with Crippen molar-refractivity contribution < 1.29 is 23.8 Å². The molecule has 3 aliphatic rings. The predicted molar refractivity (Wildman–Crippen MR) is 132 cm³/mol. The van der Waals surface area contributed by atoms with Gasteiger partial charge in [0.05, 0.1) is 6.61 Å². The third-order valence-electron chi connectivity index (χ3n) is 6.68. The molecule has 7 heteroatoms. The van der Waals surface area contributed by atoms with Gasteiger partial charge in [0, 0.05) is 36.2 Å². The van der Waals surface area contributed by atoms with Gasteiger partial charge in [-0.1, -0.05) is 18.2 Å². The van der Waals surface area contributed by atoms with Crippen molar-refractivity contribution >= 4 is 12.0 Å². The molecule has 2 heterocycles. The van der Waals surface area contributed by atoms with Crippen molar-refractivity contribution in [3.05, 3.63) is 53.6 Å². The average Bonchev–Trinajstić information content (AvgIpc) is 3.66. The molecule has 1 saturated carbocycles. The van der Waals surface area contributed by atoms with Crippen LogP contribution in [-0.4, -0.2) is 47.9 Å². The van der Waals surface area contributed by atoms with Crippen molar-refractivity contribution in [2.24, 2.45) is 5.92 Å². The topological polar surface area (TPSA) is 77.1 Å². The van der Waals surface area contributed by atoms with Crippen molar-refractivity contribution in [3.63, 3.8) is 0 Å². The Morgan fingerprint density at radius 2 is 1.66 bits per heavy atom. The highest BCUT2D eigenvalue weighted by Crippen LogP contribution is 2.35. The fraction of sp³-hybridized carbons (Fsp3) is 0.500. The van der Waals surface area contributed by atoms with Gasteiger partial charge in [0.1, 0.15) is 11.4 Å². The third-order valence-corrected chi connectivity index (χ3v) is 6.68. The second-order valence-electron chi connectivity index (χ2n) is 10.7. The average molecular weight is 479 g/mol. The highest BCUT2D eigenvalue weighted by molar-refractivity contribution is 5.95. The van der Waals surface area contributed by atoms with E-state index in [1.807, 2.05) is 57.2 Å². The molecule has 2 aliphatic heterocycles. The number of hydrogen-bond acceptors (Lipinski definition) is 5. The van der Waals surface area contributed by atoms with Crippen LogP contribution in [0.5, 0.6) is 5.75 Å². The number of piperidine rings is 1. The Labute approximate surface area is 206 Å². The number of carbonyl (C=O) groups excluding carboxylic acids is 2. The molecule has 0 radical (unpaired) electrons. The van der Waals surface area contributed by atoms with Gasteiger partial charge in [0.15, 0.2) is 0 Å². The van der Waals surface area contributed by atoms with E-state index in [1.165, 1.54) is 0 Å². The minimum atomic E-state index is -0.487. The number of rotatable bonds is 4. The fourth-order valence-corrected chi connectivity index (χ4v) is 4.54. The summed E-state index contributed by atoms with van der Waals surface area (Å²) >= 11 is 0. The first-order chi connectivity index (χ1) is 16.7. The second-order valence-corrected chi connectivity index (χ2v) is 10.7. The highest BCUT2D eigenvalue weighted by Gasteiger charge is 2.34. The van der Waals surface area contributed by atoms with E-state index < -0.39 is 5.60 Å². The number of carbonyl (C=O) groups is 2. The zero-order valence-corrected chi connectivity index (χ0v) is 20.7. The van der Waals surface area contributed by atoms with Gasteiger partial charge in [0.25, 0.3) is 5.91 Å². The van der Waals surface area contributed by atoms with Crippen LogP contribution in [0.1, 0.15) is 62.4 Å². The second kappa shape index (κ2) is 9.53. The highest BCUT2D eigenvalue weighted by atomic mass is 16.7. The summed E-state index contributed by atoms with van der Waals surface area (Å²) in [6.07, 6.45) is 3.23. The van der Waals surface area contributed by atoms with Crippen LogP contribution in [0.3, 0.4) is 0 Å². The Bertz CT molecular complexity index is 1080. The maximum absolute atomic E-state index is 12.3. The first kappa shape index (κ1) is 23.7. The van der Waals surface area contributed by atoms with E-state index >= 15 is 0 Å². The summed E-state index contributed by atoms with van der Waals surface area (Å²) in [6, 6.07) is 14.2. The van der Waals surface area contributed by atoms with E-state index in [2.05, 4.69) is 11.4 Å². The molecule has 0 aromatic heterocycles. The Hall–Kier alpha value is -3.06. The van der Waals surface area contributed by atoms with Gasteiger partial charge < -0.3 is 24.4 Å². The van der Waals surface area contributed by atoms with Crippen LogP contribution >= 0.6 is 0 Å². The number of ether oxygens (including phenoxy) is 3. The lowest BCUT2D eigenvalue weighted by Crippen LogP contribution is -2.45. The smallest absolute Gasteiger partial charge is 0.410 e. The molecule has 1 unspecified atom stereocenters.